The van der Waals surface area contributed by atoms with E-state index >= 15 is 0 Å². The Morgan fingerprint density at radius 1 is 1.27 bits per heavy atom. The summed E-state index contributed by atoms with van der Waals surface area (Å²) in [6.07, 6.45) is -0.0900. The molecule has 0 saturated carbocycles. The molecule has 0 unspecified atom stereocenters. The minimum absolute atomic E-state index is 0.0481. The molecule has 0 bridgehead atoms. The van der Waals surface area contributed by atoms with Gasteiger partial charge in [0.15, 0.2) is 0 Å². The first-order chi connectivity index (χ1) is 10.4. The number of ether oxygens (including phenoxy) is 2. The summed E-state index contributed by atoms with van der Waals surface area (Å²) in [6, 6.07) is 4.94. The van der Waals surface area contributed by atoms with E-state index in [0.29, 0.717) is 34.1 Å². The van der Waals surface area contributed by atoms with Crippen LogP contribution in [0, 0.1) is 0 Å². The van der Waals surface area contributed by atoms with E-state index in [0.717, 1.165) is 0 Å². The van der Waals surface area contributed by atoms with Crippen LogP contribution in [-0.4, -0.2) is 25.2 Å². The molecule has 5 nitrogen and oxygen atoms in total. The Labute approximate surface area is 139 Å². The van der Waals surface area contributed by atoms with Crippen LogP contribution in [0.15, 0.2) is 30.4 Å². The maximum absolute atomic E-state index is 11.5. The van der Waals surface area contributed by atoms with Crippen molar-refractivity contribution in [1.82, 2.24) is 5.32 Å². The highest BCUT2D eigenvalue weighted by molar-refractivity contribution is 6.35. The van der Waals surface area contributed by atoms with E-state index in [1.165, 1.54) is 0 Å². The molecule has 7 heteroatoms. The second-order valence-electron chi connectivity index (χ2n) is 4.51. The summed E-state index contributed by atoms with van der Waals surface area (Å²) >= 11 is 11.7. The van der Waals surface area contributed by atoms with Crippen molar-refractivity contribution < 1.29 is 19.1 Å². The maximum Gasteiger partial charge on any atom is 0.407 e. The van der Waals surface area contributed by atoms with Crippen LogP contribution in [0.2, 0.25) is 10.0 Å². The molecule has 1 aromatic carbocycles. The van der Waals surface area contributed by atoms with Crippen LogP contribution < -0.4 is 5.32 Å². The third-order valence-corrected chi connectivity index (χ3v) is 3.13. The van der Waals surface area contributed by atoms with Gasteiger partial charge in [0.05, 0.1) is 6.61 Å². The van der Waals surface area contributed by atoms with Crippen molar-refractivity contribution in [3.8, 4) is 0 Å². The van der Waals surface area contributed by atoms with E-state index in [1.54, 1.807) is 25.1 Å². The quantitative estimate of drug-likeness (QED) is 0.464. The zero-order chi connectivity index (χ0) is 16.5. The molecule has 0 aliphatic carbocycles. The predicted octanol–water partition coefficient (Wildman–Crippen LogP) is 3.73. The van der Waals surface area contributed by atoms with Crippen LogP contribution in [0.25, 0.3) is 0 Å². The number of halogens is 2. The lowest BCUT2D eigenvalue weighted by atomic mass is 10.2. The lowest BCUT2D eigenvalue weighted by molar-refractivity contribution is -0.138. The van der Waals surface area contributed by atoms with E-state index in [9.17, 15) is 9.59 Å². The first-order valence-corrected chi connectivity index (χ1v) is 7.33. The third kappa shape index (κ3) is 6.83. The van der Waals surface area contributed by atoms with E-state index in [2.05, 4.69) is 11.9 Å². The van der Waals surface area contributed by atoms with Gasteiger partial charge in [0.2, 0.25) is 0 Å². The molecule has 1 amide bonds. The summed E-state index contributed by atoms with van der Waals surface area (Å²) in [6.45, 7) is 5.62. The zero-order valence-electron chi connectivity index (χ0n) is 12.2. The molecule has 0 atom stereocenters. The number of nitrogens with one attached hydrogen (secondary N) is 1. The molecule has 0 radical (unpaired) electrons. The van der Waals surface area contributed by atoms with Gasteiger partial charge in [-0.15, -0.1) is 0 Å². The van der Waals surface area contributed by atoms with Crippen LogP contribution in [0.5, 0.6) is 0 Å². The van der Waals surface area contributed by atoms with Gasteiger partial charge in [-0.25, -0.2) is 9.59 Å². The van der Waals surface area contributed by atoms with Gasteiger partial charge < -0.3 is 14.8 Å². The number of amides is 1. The first-order valence-electron chi connectivity index (χ1n) is 6.57. The van der Waals surface area contributed by atoms with Gasteiger partial charge in [-0.3, -0.25) is 0 Å². The number of hydrogen-bond acceptors (Lipinski definition) is 4. The van der Waals surface area contributed by atoms with Gasteiger partial charge in [-0.1, -0.05) is 35.8 Å². The third-order valence-electron chi connectivity index (χ3n) is 2.55. The number of hydrogen-bond donors (Lipinski definition) is 1. The Hall–Kier alpha value is -1.72. The van der Waals surface area contributed by atoms with Crippen molar-refractivity contribution in [2.45, 2.75) is 20.0 Å². The fourth-order valence-corrected chi connectivity index (χ4v) is 1.85. The number of carbonyl (C=O) groups excluding carboxylic acids is 2. The molecule has 1 N–H and O–H groups in total. The molecular weight excluding hydrogens is 329 g/mol. The Balaban J connectivity index is 2.18. The number of esters is 1. The second-order valence-corrected chi connectivity index (χ2v) is 5.35. The van der Waals surface area contributed by atoms with Crippen molar-refractivity contribution in [2.24, 2.45) is 0 Å². The van der Waals surface area contributed by atoms with Crippen molar-refractivity contribution in [3.05, 3.63) is 46.0 Å². The molecule has 120 valence electrons. The van der Waals surface area contributed by atoms with Crippen molar-refractivity contribution in [2.75, 3.05) is 13.2 Å². The number of rotatable bonds is 7. The molecule has 0 spiro atoms. The lowest BCUT2D eigenvalue weighted by Gasteiger charge is -2.08. The Morgan fingerprint density at radius 2 is 2.00 bits per heavy atom. The second kappa shape index (κ2) is 9.33. The average Bonchev–Trinajstić information content (AvgIpc) is 2.45. The summed E-state index contributed by atoms with van der Waals surface area (Å²) < 4.78 is 9.90. The highest BCUT2D eigenvalue weighted by atomic mass is 35.5. The van der Waals surface area contributed by atoms with E-state index in [1.807, 2.05) is 0 Å². The summed E-state index contributed by atoms with van der Waals surface area (Å²) in [5, 5.41) is 3.50. The average molecular weight is 346 g/mol. The summed E-state index contributed by atoms with van der Waals surface area (Å²) in [5.74, 6) is -0.444. The van der Waals surface area contributed by atoms with Crippen molar-refractivity contribution >= 4 is 35.3 Å². The van der Waals surface area contributed by atoms with Crippen LogP contribution >= 0.6 is 23.2 Å². The highest BCUT2D eigenvalue weighted by Crippen LogP contribution is 2.21. The predicted molar refractivity (Wildman–Crippen MR) is 85.0 cm³/mol. The van der Waals surface area contributed by atoms with E-state index in [4.69, 9.17) is 32.7 Å². The molecular formula is C15H17Cl2NO4. The SMILES string of the molecule is C=C(C)C(=O)OCCCNC(=O)OCc1ccc(Cl)cc1Cl. The standard InChI is InChI=1S/C15H17Cl2NO4/c1-10(2)14(19)21-7-3-6-18-15(20)22-9-11-4-5-12(16)8-13(11)17/h4-5,8H,1,3,6-7,9H2,2H3,(H,18,20). The van der Waals surface area contributed by atoms with Gasteiger partial charge in [0, 0.05) is 27.7 Å². The van der Waals surface area contributed by atoms with Gasteiger partial charge in [-0.2, -0.15) is 0 Å². The van der Waals surface area contributed by atoms with E-state index < -0.39 is 12.1 Å². The van der Waals surface area contributed by atoms with Gasteiger partial charge in [0.25, 0.3) is 0 Å². The minimum Gasteiger partial charge on any atom is -0.462 e. The maximum atomic E-state index is 11.5. The Bertz CT molecular complexity index is 560. The first kappa shape index (κ1) is 18.3. The molecule has 0 aromatic heterocycles. The number of alkyl carbamates (subject to hydrolysis) is 1. The topological polar surface area (TPSA) is 64.6 Å². The van der Waals surface area contributed by atoms with Crippen LogP contribution in [0.1, 0.15) is 18.9 Å². The molecule has 0 saturated heterocycles. The Morgan fingerprint density at radius 3 is 2.64 bits per heavy atom. The van der Waals surface area contributed by atoms with Crippen LogP contribution in [0.4, 0.5) is 4.79 Å². The molecule has 22 heavy (non-hydrogen) atoms. The van der Waals surface area contributed by atoms with Gasteiger partial charge in [-0.05, 0) is 25.5 Å². The molecule has 1 rings (SSSR count). The molecule has 0 aliphatic rings. The largest absolute Gasteiger partial charge is 0.462 e. The molecule has 0 fully saturated rings. The number of benzene rings is 1. The lowest BCUT2D eigenvalue weighted by Crippen LogP contribution is -2.26. The highest BCUT2D eigenvalue weighted by Gasteiger charge is 2.06. The zero-order valence-corrected chi connectivity index (χ0v) is 13.7. The smallest absolute Gasteiger partial charge is 0.407 e. The van der Waals surface area contributed by atoms with E-state index in [-0.39, 0.29) is 13.2 Å². The normalized spacial score (nSPS) is 9.95. The van der Waals surface area contributed by atoms with Crippen LogP contribution in [0.3, 0.4) is 0 Å². The van der Waals surface area contributed by atoms with Crippen molar-refractivity contribution in [1.29, 1.82) is 0 Å². The molecule has 1 aromatic rings. The van der Waals surface area contributed by atoms with Gasteiger partial charge >= 0.3 is 12.1 Å². The monoisotopic (exact) mass is 345 g/mol. The minimum atomic E-state index is -0.572. The fourth-order valence-electron chi connectivity index (χ4n) is 1.38. The summed E-state index contributed by atoms with van der Waals surface area (Å²) in [4.78, 5) is 22.6. The molecule has 0 aliphatic heterocycles. The number of carbonyl (C=O) groups is 2. The van der Waals surface area contributed by atoms with Crippen LogP contribution in [-0.2, 0) is 20.9 Å². The molecule has 0 heterocycles. The summed E-state index contributed by atoms with van der Waals surface area (Å²) in [5.41, 5.74) is 1.00. The fraction of sp³-hybridized carbons (Fsp3) is 0.333. The van der Waals surface area contributed by atoms with Crippen molar-refractivity contribution in [3.63, 3.8) is 0 Å². The Kier molecular flexibility index (Phi) is 7.77. The van der Waals surface area contributed by atoms with Gasteiger partial charge in [0.1, 0.15) is 6.61 Å². The summed E-state index contributed by atoms with van der Waals surface area (Å²) in [7, 11) is 0.